The molecule has 0 atom stereocenters. The van der Waals surface area contributed by atoms with Crippen LogP contribution in [0.5, 0.6) is 0 Å². The molecule has 3 N–H and O–H groups in total. The zero-order valence-electron chi connectivity index (χ0n) is 16.3. The summed E-state index contributed by atoms with van der Waals surface area (Å²) in [5, 5.41) is 18.8. The lowest BCUT2D eigenvalue weighted by atomic mass is 9.98. The minimum atomic E-state index is -0.500. The van der Waals surface area contributed by atoms with Gasteiger partial charge in [-0.25, -0.2) is 14.2 Å². The Labute approximate surface area is 177 Å². The molecule has 158 valence electrons. The van der Waals surface area contributed by atoms with E-state index in [1.807, 2.05) is 0 Å². The van der Waals surface area contributed by atoms with E-state index in [4.69, 9.17) is 11.6 Å². The van der Waals surface area contributed by atoms with Crippen molar-refractivity contribution in [2.75, 3.05) is 25.5 Å². The zero-order chi connectivity index (χ0) is 21.5. The van der Waals surface area contributed by atoms with Gasteiger partial charge in [0, 0.05) is 43.3 Å². The van der Waals surface area contributed by atoms with Gasteiger partial charge in [-0.05, 0) is 30.2 Å². The summed E-state index contributed by atoms with van der Waals surface area (Å²) in [7, 11) is 1.31. The van der Waals surface area contributed by atoms with E-state index in [1.54, 1.807) is 18.3 Å². The van der Waals surface area contributed by atoms with E-state index < -0.39 is 11.9 Å². The number of amides is 1. The summed E-state index contributed by atoms with van der Waals surface area (Å²) >= 11 is 5.85. The van der Waals surface area contributed by atoms with Crippen LogP contribution in [0.3, 0.4) is 0 Å². The van der Waals surface area contributed by atoms with Crippen LogP contribution in [0.15, 0.2) is 40.6 Å². The summed E-state index contributed by atoms with van der Waals surface area (Å²) in [6.07, 6.45) is 2.59. The van der Waals surface area contributed by atoms with Crippen molar-refractivity contribution in [1.82, 2.24) is 10.3 Å². The molecule has 10 heteroatoms. The number of nitrogens with one attached hydrogen (secondary N) is 2. The Hall–Kier alpha value is -3.20. The molecule has 0 spiro atoms. The number of aromatic nitrogens is 1. The smallest absolute Gasteiger partial charge is 0.406 e. The molecule has 1 aliphatic rings. The van der Waals surface area contributed by atoms with Gasteiger partial charge in [0.25, 0.3) is 0 Å². The fourth-order valence-corrected chi connectivity index (χ4v) is 3.28. The molecule has 0 fully saturated rings. The van der Waals surface area contributed by atoms with E-state index in [9.17, 15) is 14.4 Å². The number of anilines is 1. The first kappa shape index (κ1) is 21.5. The Bertz CT molecular complexity index is 996. The van der Waals surface area contributed by atoms with Gasteiger partial charge >= 0.3 is 6.09 Å². The predicted molar refractivity (Wildman–Crippen MR) is 112 cm³/mol. The molecular formula is C20H21ClFN5O3. The lowest BCUT2D eigenvalue weighted by molar-refractivity contribution is 0.171. The minimum Gasteiger partial charge on any atom is -0.453 e. The van der Waals surface area contributed by atoms with Crippen LogP contribution >= 0.6 is 11.6 Å². The largest absolute Gasteiger partial charge is 0.453 e. The van der Waals surface area contributed by atoms with Crippen LogP contribution in [0.2, 0.25) is 5.02 Å². The summed E-state index contributed by atoms with van der Waals surface area (Å²) in [5.74, 6) is 0.891. The van der Waals surface area contributed by atoms with Gasteiger partial charge in [0.15, 0.2) is 0 Å². The number of hydrogen-bond donors (Lipinski definition) is 3. The van der Waals surface area contributed by atoms with Gasteiger partial charge in [-0.3, -0.25) is 4.99 Å². The molecule has 0 aliphatic carbocycles. The fourth-order valence-electron chi connectivity index (χ4n) is 3.08. The second-order valence-corrected chi connectivity index (χ2v) is 6.97. The number of oxime groups is 1. The monoisotopic (exact) mass is 433 g/mol. The van der Waals surface area contributed by atoms with E-state index in [2.05, 4.69) is 30.5 Å². The number of methoxy groups -OCH3 is 1. The molecule has 8 nitrogen and oxygen atoms in total. The predicted octanol–water partition coefficient (Wildman–Crippen LogP) is 3.41. The second kappa shape index (κ2) is 10.0. The number of alkyl carbamates (subject to hydrolysis) is 1. The number of benzene rings is 1. The third-order valence-corrected chi connectivity index (χ3v) is 4.83. The third-order valence-electron chi connectivity index (χ3n) is 4.54. The van der Waals surface area contributed by atoms with Gasteiger partial charge < -0.3 is 20.6 Å². The van der Waals surface area contributed by atoms with Crippen molar-refractivity contribution in [1.29, 1.82) is 0 Å². The molecule has 2 heterocycles. The molecule has 0 unspecified atom stereocenters. The number of rotatable bonds is 7. The normalized spacial score (nSPS) is 14.4. The Kier molecular flexibility index (Phi) is 7.18. The van der Waals surface area contributed by atoms with E-state index in [-0.39, 0.29) is 11.4 Å². The zero-order valence-corrected chi connectivity index (χ0v) is 17.0. The van der Waals surface area contributed by atoms with Crippen LogP contribution < -0.4 is 10.6 Å². The van der Waals surface area contributed by atoms with Crippen molar-refractivity contribution >= 4 is 35.1 Å². The van der Waals surface area contributed by atoms with Crippen molar-refractivity contribution in [3.63, 3.8) is 0 Å². The number of aliphatic imine (C=N–C) groups is 1. The first-order valence-corrected chi connectivity index (χ1v) is 9.65. The number of hydrogen-bond acceptors (Lipinski definition) is 6. The lowest BCUT2D eigenvalue weighted by Crippen LogP contribution is -2.24. The van der Waals surface area contributed by atoms with Crippen molar-refractivity contribution in [3.05, 3.63) is 58.0 Å². The second-order valence-electron chi connectivity index (χ2n) is 6.56. The Morgan fingerprint density at radius 3 is 3.00 bits per heavy atom. The van der Waals surface area contributed by atoms with Crippen LogP contribution in [0, 0.1) is 5.82 Å². The molecule has 1 aromatic carbocycles. The summed E-state index contributed by atoms with van der Waals surface area (Å²) in [5.41, 5.74) is 2.73. The number of nitrogens with zero attached hydrogens (tertiary/aromatic N) is 3. The number of halogens is 2. The highest BCUT2D eigenvalue weighted by Gasteiger charge is 2.23. The molecule has 1 amide bonds. The van der Waals surface area contributed by atoms with Crippen LogP contribution in [0.4, 0.5) is 15.0 Å². The number of ether oxygens (including phenoxy) is 1. The fraction of sp³-hybridized carbons (Fsp3) is 0.300. The van der Waals surface area contributed by atoms with E-state index in [1.165, 1.54) is 19.2 Å². The Morgan fingerprint density at radius 1 is 1.43 bits per heavy atom. The molecule has 0 radical (unpaired) electrons. The molecule has 0 saturated heterocycles. The summed E-state index contributed by atoms with van der Waals surface area (Å²) < 4.78 is 17.9. The molecule has 2 aromatic rings. The quantitative estimate of drug-likeness (QED) is 0.268. The summed E-state index contributed by atoms with van der Waals surface area (Å²) in [4.78, 5) is 19.9. The summed E-state index contributed by atoms with van der Waals surface area (Å²) in [6.45, 7) is 0.978. The van der Waals surface area contributed by atoms with E-state index >= 15 is 0 Å². The van der Waals surface area contributed by atoms with Crippen LogP contribution in [0.1, 0.15) is 23.1 Å². The average Bonchev–Trinajstić information content (AvgIpc) is 3.17. The van der Waals surface area contributed by atoms with Crippen LogP contribution in [-0.4, -0.2) is 48.0 Å². The highest BCUT2D eigenvalue weighted by molar-refractivity contribution is 6.30. The molecule has 3 rings (SSSR count). The number of pyridine rings is 1. The molecule has 1 aromatic heterocycles. The third kappa shape index (κ3) is 5.24. The van der Waals surface area contributed by atoms with Crippen LogP contribution in [-0.2, 0) is 17.6 Å². The maximum Gasteiger partial charge on any atom is 0.406 e. The molecule has 0 saturated carbocycles. The van der Waals surface area contributed by atoms with Gasteiger partial charge in [-0.15, -0.1) is 0 Å². The Balaban J connectivity index is 1.68. The maximum absolute atomic E-state index is 13.4. The molecule has 1 aliphatic heterocycles. The van der Waals surface area contributed by atoms with Gasteiger partial charge in [-0.1, -0.05) is 22.8 Å². The highest BCUT2D eigenvalue weighted by Crippen LogP contribution is 2.26. The standard InChI is InChI=1S/C20H21ClFN5O3/c1-30-20(28)25-7-2-6-23-18-11-14-13(5-8-24-19(14)26-18)17(27-29)10-12-3-4-16(22)15(21)9-12/h3-5,8-9,29H,2,6-7,10-11H2,1H3,(H,25,28)(H,23,24,26)/b27-17+. The van der Waals surface area contributed by atoms with Gasteiger partial charge in [-0.2, -0.15) is 0 Å². The Morgan fingerprint density at radius 2 is 2.27 bits per heavy atom. The number of carbonyl (C=O) groups is 1. The van der Waals surface area contributed by atoms with Crippen molar-refractivity contribution in [2.45, 2.75) is 19.3 Å². The maximum atomic E-state index is 13.4. The van der Waals surface area contributed by atoms with Gasteiger partial charge in [0.1, 0.15) is 17.5 Å². The molecule has 30 heavy (non-hydrogen) atoms. The summed E-state index contributed by atoms with van der Waals surface area (Å²) in [6, 6.07) is 6.16. The topological polar surface area (TPSA) is 108 Å². The van der Waals surface area contributed by atoms with E-state index in [0.717, 1.165) is 22.5 Å². The number of fused-ring (bicyclic) bond motifs is 1. The van der Waals surface area contributed by atoms with Gasteiger partial charge in [0.2, 0.25) is 0 Å². The molecule has 0 bridgehead atoms. The highest BCUT2D eigenvalue weighted by atomic mass is 35.5. The van der Waals surface area contributed by atoms with Gasteiger partial charge in [0.05, 0.1) is 17.8 Å². The lowest BCUT2D eigenvalue weighted by Gasteiger charge is -2.09. The molecular weight excluding hydrogens is 413 g/mol. The minimum absolute atomic E-state index is 0.0162. The first-order valence-electron chi connectivity index (χ1n) is 9.27. The first-order chi connectivity index (χ1) is 14.5. The number of amidine groups is 1. The van der Waals surface area contributed by atoms with Crippen molar-refractivity contribution < 1.29 is 19.1 Å². The SMILES string of the molecule is COC(=O)NCCCN=C1Cc2c(/C(Cc3ccc(F)c(Cl)c3)=N/O)ccnc2N1. The number of carbonyl (C=O) groups excluding carboxylic acids is 1. The average molecular weight is 434 g/mol. The van der Waals surface area contributed by atoms with E-state index in [0.29, 0.717) is 37.5 Å². The van der Waals surface area contributed by atoms with Crippen molar-refractivity contribution in [2.24, 2.45) is 10.1 Å². The van der Waals surface area contributed by atoms with Crippen LogP contribution in [0.25, 0.3) is 0 Å². The van der Waals surface area contributed by atoms with Crippen molar-refractivity contribution in [3.8, 4) is 0 Å².